The minimum Gasteiger partial charge on any atom is -0.507 e. The molecule has 1 aromatic carbocycles. The third-order valence-electron chi connectivity index (χ3n) is 1.44. The Morgan fingerprint density at radius 3 is 2.64 bits per heavy atom. The van der Waals surface area contributed by atoms with Crippen molar-refractivity contribution in [3.05, 3.63) is 29.3 Å². The highest BCUT2D eigenvalue weighted by Gasteiger charge is 2.02. The number of rotatable bonds is 1. The molecule has 0 unspecified atom stereocenters. The van der Waals surface area contributed by atoms with Crippen LogP contribution in [0.25, 0.3) is 0 Å². The van der Waals surface area contributed by atoms with Crippen molar-refractivity contribution in [3.63, 3.8) is 0 Å². The third kappa shape index (κ3) is 1.49. The SMILES string of the molecule is Cc1ccc(C(=N)N)c(O)c1. The Morgan fingerprint density at radius 2 is 2.18 bits per heavy atom. The molecule has 1 rings (SSSR count). The van der Waals surface area contributed by atoms with E-state index in [1.54, 1.807) is 18.2 Å². The molecule has 0 amide bonds. The molecule has 4 N–H and O–H groups in total. The molecule has 3 heteroatoms. The van der Waals surface area contributed by atoms with E-state index in [9.17, 15) is 5.11 Å². The summed E-state index contributed by atoms with van der Waals surface area (Å²) >= 11 is 0. The van der Waals surface area contributed by atoms with Crippen molar-refractivity contribution < 1.29 is 5.11 Å². The van der Waals surface area contributed by atoms with E-state index in [0.717, 1.165) is 5.56 Å². The van der Waals surface area contributed by atoms with Gasteiger partial charge in [-0.25, -0.2) is 0 Å². The highest BCUT2D eigenvalue weighted by atomic mass is 16.3. The number of phenols is 1. The monoisotopic (exact) mass is 150 g/mol. The van der Waals surface area contributed by atoms with Gasteiger partial charge in [-0.15, -0.1) is 0 Å². The summed E-state index contributed by atoms with van der Waals surface area (Å²) in [6.07, 6.45) is 0. The molecule has 0 bridgehead atoms. The fourth-order valence-corrected chi connectivity index (χ4v) is 0.869. The molecule has 0 saturated heterocycles. The van der Waals surface area contributed by atoms with E-state index in [4.69, 9.17) is 11.1 Å². The molecule has 0 fully saturated rings. The Bertz CT molecular complexity index is 294. The van der Waals surface area contributed by atoms with Gasteiger partial charge < -0.3 is 10.8 Å². The average molecular weight is 150 g/mol. The zero-order valence-electron chi connectivity index (χ0n) is 6.26. The summed E-state index contributed by atoms with van der Waals surface area (Å²) in [7, 11) is 0. The fourth-order valence-electron chi connectivity index (χ4n) is 0.869. The first kappa shape index (κ1) is 7.60. The number of nitrogens with one attached hydrogen (secondary N) is 1. The van der Waals surface area contributed by atoms with Crippen LogP contribution in [0.2, 0.25) is 0 Å². The average Bonchev–Trinajstić information content (AvgIpc) is 1.85. The molecule has 0 saturated carbocycles. The molecule has 0 heterocycles. The van der Waals surface area contributed by atoms with Crippen molar-refractivity contribution in [2.45, 2.75) is 6.92 Å². The number of hydrogen-bond donors (Lipinski definition) is 3. The number of hydrogen-bond acceptors (Lipinski definition) is 2. The molecule has 0 aliphatic rings. The number of aryl methyl sites for hydroxylation is 1. The first-order valence-electron chi connectivity index (χ1n) is 3.25. The normalized spacial score (nSPS) is 9.55. The van der Waals surface area contributed by atoms with Gasteiger partial charge in [0.2, 0.25) is 0 Å². The predicted molar refractivity (Wildman–Crippen MR) is 43.9 cm³/mol. The number of aromatic hydroxyl groups is 1. The van der Waals surface area contributed by atoms with Gasteiger partial charge in [0.1, 0.15) is 11.6 Å². The second-order valence-corrected chi connectivity index (χ2v) is 2.43. The first-order valence-corrected chi connectivity index (χ1v) is 3.25. The Kier molecular flexibility index (Phi) is 1.81. The highest BCUT2D eigenvalue weighted by Crippen LogP contribution is 2.16. The predicted octanol–water partition coefficient (Wildman–Crippen LogP) is 0.985. The molecule has 58 valence electrons. The highest BCUT2D eigenvalue weighted by molar-refractivity contribution is 5.97. The van der Waals surface area contributed by atoms with Crippen LogP contribution in [-0.2, 0) is 0 Å². The van der Waals surface area contributed by atoms with Crippen molar-refractivity contribution >= 4 is 5.84 Å². The van der Waals surface area contributed by atoms with E-state index < -0.39 is 0 Å². The molecule has 0 atom stereocenters. The molecular formula is C8H10N2O. The Hall–Kier alpha value is -1.51. The maximum Gasteiger partial charge on any atom is 0.126 e. The Balaban J connectivity index is 3.20. The summed E-state index contributed by atoms with van der Waals surface area (Å²) in [5.74, 6) is -0.0417. The minimum absolute atomic E-state index is 0.0671. The molecule has 0 aliphatic heterocycles. The van der Waals surface area contributed by atoms with E-state index in [1.807, 2.05) is 6.92 Å². The minimum atomic E-state index is -0.109. The zero-order chi connectivity index (χ0) is 8.43. The van der Waals surface area contributed by atoms with Gasteiger partial charge in [0, 0.05) is 0 Å². The van der Waals surface area contributed by atoms with Gasteiger partial charge in [-0.1, -0.05) is 6.07 Å². The summed E-state index contributed by atoms with van der Waals surface area (Å²) < 4.78 is 0. The van der Waals surface area contributed by atoms with E-state index in [-0.39, 0.29) is 11.6 Å². The van der Waals surface area contributed by atoms with Crippen LogP contribution in [0.4, 0.5) is 0 Å². The molecule has 11 heavy (non-hydrogen) atoms. The number of phenolic OH excluding ortho intramolecular Hbond substituents is 1. The lowest BCUT2D eigenvalue weighted by Crippen LogP contribution is -2.10. The topological polar surface area (TPSA) is 70.1 Å². The quantitative estimate of drug-likeness (QED) is 0.412. The standard InChI is InChI=1S/C8H10N2O/c1-5-2-3-6(8(9)10)7(11)4-5/h2-4,11H,1H3,(H3,9,10). The lowest BCUT2D eigenvalue weighted by Gasteiger charge is -2.01. The van der Waals surface area contributed by atoms with E-state index in [1.165, 1.54) is 0 Å². The molecule has 0 radical (unpaired) electrons. The lowest BCUT2D eigenvalue weighted by molar-refractivity contribution is 0.473. The molecular weight excluding hydrogens is 140 g/mol. The van der Waals surface area contributed by atoms with Crippen molar-refractivity contribution in [2.75, 3.05) is 0 Å². The number of nitrogen functional groups attached to an aromatic ring is 1. The first-order chi connectivity index (χ1) is 5.11. The van der Waals surface area contributed by atoms with Crippen LogP contribution in [0.1, 0.15) is 11.1 Å². The van der Waals surface area contributed by atoms with Gasteiger partial charge in [0.25, 0.3) is 0 Å². The molecule has 0 spiro atoms. The van der Waals surface area contributed by atoms with Crippen LogP contribution >= 0.6 is 0 Å². The second kappa shape index (κ2) is 2.62. The molecule has 3 nitrogen and oxygen atoms in total. The summed E-state index contributed by atoms with van der Waals surface area (Å²) in [5, 5.41) is 16.3. The van der Waals surface area contributed by atoms with Crippen LogP contribution in [0.15, 0.2) is 18.2 Å². The summed E-state index contributed by atoms with van der Waals surface area (Å²) in [5.41, 5.74) is 6.52. The van der Waals surface area contributed by atoms with Crippen LogP contribution in [0.3, 0.4) is 0 Å². The van der Waals surface area contributed by atoms with Crippen molar-refractivity contribution in [1.29, 1.82) is 5.41 Å². The van der Waals surface area contributed by atoms with Crippen LogP contribution in [-0.4, -0.2) is 10.9 Å². The Morgan fingerprint density at radius 1 is 1.55 bits per heavy atom. The van der Waals surface area contributed by atoms with Gasteiger partial charge in [0.05, 0.1) is 5.56 Å². The second-order valence-electron chi connectivity index (χ2n) is 2.43. The zero-order valence-corrected chi connectivity index (χ0v) is 6.26. The van der Waals surface area contributed by atoms with Gasteiger partial charge in [-0.2, -0.15) is 0 Å². The molecule has 0 aromatic heterocycles. The summed E-state index contributed by atoms with van der Waals surface area (Å²) in [4.78, 5) is 0. The summed E-state index contributed by atoms with van der Waals surface area (Å²) in [6, 6.07) is 5.01. The number of benzene rings is 1. The van der Waals surface area contributed by atoms with Gasteiger partial charge in [0.15, 0.2) is 0 Å². The van der Waals surface area contributed by atoms with Gasteiger partial charge in [-0.05, 0) is 24.6 Å². The van der Waals surface area contributed by atoms with Gasteiger partial charge >= 0.3 is 0 Å². The van der Waals surface area contributed by atoms with Crippen molar-refractivity contribution in [2.24, 2.45) is 5.73 Å². The molecule has 0 aliphatic carbocycles. The maximum absolute atomic E-state index is 9.24. The fraction of sp³-hybridized carbons (Fsp3) is 0.125. The lowest BCUT2D eigenvalue weighted by atomic mass is 10.1. The number of nitrogens with two attached hydrogens (primary N) is 1. The van der Waals surface area contributed by atoms with E-state index >= 15 is 0 Å². The third-order valence-corrected chi connectivity index (χ3v) is 1.44. The van der Waals surface area contributed by atoms with Crippen LogP contribution < -0.4 is 5.73 Å². The number of amidine groups is 1. The molecule has 1 aromatic rings. The summed E-state index contributed by atoms with van der Waals surface area (Å²) in [6.45, 7) is 1.86. The Labute approximate surface area is 65.0 Å². The maximum atomic E-state index is 9.24. The van der Waals surface area contributed by atoms with Crippen LogP contribution in [0.5, 0.6) is 5.75 Å². The van der Waals surface area contributed by atoms with Crippen molar-refractivity contribution in [1.82, 2.24) is 0 Å². The van der Waals surface area contributed by atoms with E-state index in [2.05, 4.69) is 0 Å². The van der Waals surface area contributed by atoms with Crippen molar-refractivity contribution in [3.8, 4) is 5.75 Å². The smallest absolute Gasteiger partial charge is 0.126 e. The van der Waals surface area contributed by atoms with Crippen LogP contribution in [0, 0.1) is 12.3 Å². The van der Waals surface area contributed by atoms with E-state index in [0.29, 0.717) is 5.56 Å². The largest absolute Gasteiger partial charge is 0.507 e. The van der Waals surface area contributed by atoms with Gasteiger partial charge in [-0.3, -0.25) is 5.41 Å².